The first-order valence-corrected chi connectivity index (χ1v) is 8.46. The molecule has 1 heterocycles. The maximum absolute atomic E-state index is 4.63. The van der Waals surface area contributed by atoms with Crippen LogP contribution >= 0.6 is 11.8 Å². The van der Waals surface area contributed by atoms with Gasteiger partial charge >= 0.3 is 0 Å². The van der Waals surface area contributed by atoms with E-state index in [4.69, 9.17) is 0 Å². The van der Waals surface area contributed by atoms with E-state index in [0.717, 1.165) is 55.4 Å². The van der Waals surface area contributed by atoms with Gasteiger partial charge in [-0.15, -0.1) is 0 Å². The Kier molecular flexibility index (Phi) is 7.63. The zero-order valence-corrected chi connectivity index (χ0v) is 13.4. The van der Waals surface area contributed by atoms with Crippen LogP contribution in [-0.2, 0) is 6.42 Å². The standard InChI is InChI=1S/C14H26N4S/c1-5-8-12-17-13(15-6-2)11(3)14(18-12)16-9-7-10-19-4/h5-10H2,1-4H3,(H2,15,16,17,18). The monoisotopic (exact) mass is 282 g/mol. The summed E-state index contributed by atoms with van der Waals surface area (Å²) >= 11 is 1.88. The van der Waals surface area contributed by atoms with Gasteiger partial charge < -0.3 is 10.6 Å². The molecule has 0 spiro atoms. The second-order valence-electron chi connectivity index (χ2n) is 4.52. The van der Waals surface area contributed by atoms with E-state index in [1.807, 2.05) is 11.8 Å². The van der Waals surface area contributed by atoms with Gasteiger partial charge in [0, 0.05) is 25.1 Å². The maximum Gasteiger partial charge on any atom is 0.134 e. The van der Waals surface area contributed by atoms with Crippen molar-refractivity contribution in [2.24, 2.45) is 0 Å². The van der Waals surface area contributed by atoms with E-state index in [1.54, 1.807) is 0 Å². The van der Waals surface area contributed by atoms with Gasteiger partial charge in [-0.05, 0) is 38.7 Å². The lowest BCUT2D eigenvalue weighted by atomic mass is 10.2. The SMILES string of the molecule is CCCc1nc(NCC)c(C)c(NCCCSC)n1. The molecule has 0 aliphatic rings. The van der Waals surface area contributed by atoms with E-state index < -0.39 is 0 Å². The fourth-order valence-corrected chi connectivity index (χ4v) is 2.27. The normalized spacial score (nSPS) is 10.5. The largest absolute Gasteiger partial charge is 0.370 e. The molecule has 0 amide bonds. The van der Waals surface area contributed by atoms with Crippen molar-refractivity contribution in [3.8, 4) is 0 Å². The van der Waals surface area contributed by atoms with Gasteiger partial charge in [-0.3, -0.25) is 0 Å². The molecule has 0 atom stereocenters. The van der Waals surface area contributed by atoms with Gasteiger partial charge in [-0.2, -0.15) is 11.8 Å². The summed E-state index contributed by atoms with van der Waals surface area (Å²) in [6, 6.07) is 0. The Morgan fingerprint density at radius 3 is 2.37 bits per heavy atom. The molecule has 1 rings (SSSR count). The highest BCUT2D eigenvalue weighted by Gasteiger charge is 2.09. The molecule has 108 valence electrons. The van der Waals surface area contributed by atoms with E-state index in [-0.39, 0.29) is 0 Å². The van der Waals surface area contributed by atoms with E-state index in [2.05, 4.69) is 47.6 Å². The Hall–Kier alpha value is -0.970. The number of anilines is 2. The number of aromatic nitrogens is 2. The summed E-state index contributed by atoms with van der Waals surface area (Å²) in [6.07, 6.45) is 5.29. The summed E-state index contributed by atoms with van der Waals surface area (Å²) < 4.78 is 0. The molecular weight excluding hydrogens is 256 g/mol. The van der Waals surface area contributed by atoms with E-state index in [9.17, 15) is 0 Å². The lowest BCUT2D eigenvalue weighted by molar-refractivity contribution is 0.828. The van der Waals surface area contributed by atoms with Crippen LogP contribution < -0.4 is 10.6 Å². The molecule has 2 N–H and O–H groups in total. The molecule has 0 aliphatic heterocycles. The predicted octanol–water partition coefficient (Wildman–Crippen LogP) is 3.33. The highest BCUT2D eigenvalue weighted by molar-refractivity contribution is 7.98. The van der Waals surface area contributed by atoms with Crippen molar-refractivity contribution in [3.63, 3.8) is 0 Å². The minimum Gasteiger partial charge on any atom is -0.370 e. The van der Waals surface area contributed by atoms with Crippen molar-refractivity contribution in [3.05, 3.63) is 11.4 Å². The number of hydrogen-bond donors (Lipinski definition) is 2. The van der Waals surface area contributed by atoms with E-state index in [0.29, 0.717) is 0 Å². The number of rotatable bonds is 9. The average Bonchev–Trinajstić information content (AvgIpc) is 2.40. The molecule has 1 aromatic rings. The van der Waals surface area contributed by atoms with Crippen molar-refractivity contribution >= 4 is 23.4 Å². The number of thioether (sulfide) groups is 1. The zero-order chi connectivity index (χ0) is 14.1. The maximum atomic E-state index is 4.63. The lowest BCUT2D eigenvalue weighted by Gasteiger charge is -2.14. The molecular formula is C14H26N4S. The third-order valence-electron chi connectivity index (χ3n) is 2.83. The van der Waals surface area contributed by atoms with Crippen molar-refractivity contribution < 1.29 is 0 Å². The van der Waals surface area contributed by atoms with Gasteiger partial charge in [-0.25, -0.2) is 9.97 Å². The summed E-state index contributed by atoms with van der Waals surface area (Å²) in [5.74, 6) is 4.05. The first-order valence-electron chi connectivity index (χ1n) is 7.07. The highest BCUT2D eigenvalue weighted by atomic mass is 32.2. The lowest BCUT2D eigenvalue weighted by Crippen LogP contribution is -2.12. The molecule has 0 saturated carbocycles. The Bertz CT molecular complexity index is 382. The average molecular weight is 282 g/mol. The summed E-state index contributed by atoms with van der Waals surface area (Å²) in [5, 5.41) is 6.76. The van der Waals surface area contributed by atoms with Gasteiger partial charge in [0.15, 0.2) is 0 Å². The molecule has 0 saturated heterocycles. The fourth-order valence-electron chi connectivity index (χ4n) is 1.83. The van der Waals surface area contributed by atoms with Gasteiger partial charge in [0.2, 0.25) is 0 Å². The minimum absolute atomic E-state index is 0.884. The second-order valence-corrected chi connectivity index (χ2v) is 5.50. The summed E-state index contributed by atoms with van der Waals surface area (Å²) in [5.41, 5.74) is 1.12. The highest BCUT2D eigenvalue weighted by Crippen LogP contribution is 2.20. The Morgan fingerprint density at radius 1 is 1.11 bits per heavy atom. The second kappa shape index (κ2) is 9.02. The van der Waals surface area contributed by atoms with Gasteiger partial charge in [0.1, 0.15) is 17.5 Å². The van der Waals surface area contributed by atoms with Crippen LogP contribution in [0.1, 0.15) is 38.1 Å². The van der Waals surface area contributed by atoms with Crippen LogP contribution in [-0.4, -0.2) is 35.1 Å². The first kappa shape index (κ1) is 16.1. The van der Waals surface area contributed by atoms with Crippen LogP contribution in [0, 0.1) is 6.92 Å². The summed E-state index contributed by atoms with van der Waals surface area (Å²) in [4.78, 5) is 9.22. The Balaban J connectivity index is 2.80. The Morgan fingerprint density at radius 2 is 1.79 bits per heavy atom. The van der Waals surface area contributed by atoms with Gasteiger partial charge in [-0.1, -0.05) is 6.92 Å². The molecule has 0 aliphatic carbocycles. The van der Waals surface area contributed by atoms with Crippen LogP contribution in [0.2, 0.25) is 0 Å². The Labute approximate surface area is 121 Å². The molecule has 0 unspecified atom stereocenters. The van der Waals surface area contributed by atoms with Crippen LogP contribution in [0.15, 0.2) is 0 Å². The van der Waals surface area contributed by atoms with Crippen molar-refractivity contribution in [2.45, 2.75) is 40.0 Å². The molecule has 4 nitrogen and oxygen atoms in total. The molecule has 5 heteroatoms. The van der Waals surface area contributed by atoms with Crippen LogP contribution in [0.5, 0.6) is 0 Å². The van der Waals surface area contributed by atoms with Crippen molar-refractivity contribution in [1.29, 1.82) is 0 Å². The summed E-state index contributed by atoms with van der Waals surface area (Å²) in [6.45, 7) is 8.17. The number of nitrogens with zero attached hydrogens (tertiary/aromatic N) is 2. The van der Waals surface area contributed by atoms with E-state index >= 15 is 0 Å². The van der Waals surface area contributed by atoms with Crippen LogP contribution in [0.4, 0.5) is 11.6 Å². The minimum atomic E-state index is 0.884. The summed E-state index contributed by atoms with van der Waals surface area (Å²) in [7, 11) is 0. The van der Waals surface area contributed by atoms with Crippen molar-refractivity contribution in [1.82, 2.24) is 9.97 Å². The number of nitrogens with one attached hydrogen (secondary N) is 2. The zero-order valence-electron chi connectivity index (χ0n) is 12.5. The molecule has 1 aromatic heterocycles. The van der Waals surface area contributed by atoms with Gasteiger partial charge in [0.25, 0.3) is 0 Å². The molecule has 0 aromatic carbocycles. The predicted molar refractivity (Wildman–Crippen MR) is 86.4 cm³/mol. The van der Waals surface area contributed by atoms with Gasteiger partial charge in [0.05, 0.1) is 0 Å². The van der Waals surface area contributed by atoms with E-state index in [1.165, 1.54) is 5.75 Å². The molecule has 0 bridgehead atoms. The fraction of sp³-hybridized carbons (Fsp3) is 0.714. The number of hydrogen-bond acceptors (Lipinski definition) is 5. The smallest absolute Gasteiger partial charge is 0.134 e. The first-order chi connectivity index (χ1) is 9.22. The van der Waals surface area contributed by atoms with Crippen LogP contribution in [0.3, 0.4) is 0 Å². The number of aryl methyl sites for hydroxylation is 1. The topological polar surface area (TPSA) is 49.8 Å². The molecule has 0 fully saturated rings. The van der Waals surface area contributed by atoms with Crippen LogP contribution in [0.25, 0.3) is 0 Å². The third kappa shape index (κ3) is 5.27. The molecule has 19 heavy (non-hydrogen) atoms. The quantitative estimate of drug-likeness (QED) is 0.680. The van der Waals surface area contributed by atoms with Crippen molar-refractivity contribution in [2.75, 3.05) is 35.7 Å². The third-order valence-corrected chi connectivity index (χ3v) is 3.52. The molecule has 0 radical (unpaired) electrons.